The summed E-state index contributed by atoms with van der Waals surface area (Å²) in [6.45, 7) is 6.39. The van der Waals surface area contributed by atoms with Crippen LogP contribution >= 0.6 is 0 Å². The lowest BCUT2D eigenvalue weighted by Gasteiger charge is -2.27. The van der Waals surface area contributed by atoms with E-state index >= 15 is 0 Å². The Balaban J connectivity index is 1.66. The molecule has 0 aliphatic heterocycles. The van der Waals surface area contributed by atoms with Crippen LogP contribution in [0.15, 0.2) is 83.7 Å². The number of carbonyl (C=O) groups excluding carboxylic acids is 1. The lowest BCUT2D eigenvalue weighted by atomic mass is 10.1. The smallest absolute Gasteiger partial charge is 0.265 e. The largest absolute Gasteiger partial charge is 0.332 e. The van der Waals surface area contributed by atoms with Crippen LogP contribution in [-0.4, -0.2) is 26.4 Å². The topological polar surface area (TPSA) is 55.2 Å². The second kappa shape index (κ2) is 8.56. The van der Waals surface area contributed by atoms with E-state index in [9.17, 15) is 9.59 Å². The van der Waals surface area contributed by atoms with E-state index in [0.717, 1.165) is 5.56 Å². The van der Waals surface area contributed by atoms with Crippen LogP contribution in [0.1, 0.15) is 35.6 Å². The molecule has 1 heterocycles. The molecule has 0 aliphatic carbocycles. The number of para-hydroxylation sites is 1. The number of benzene rings is 3. The zero-order valence-electron chi connectivity index (χ0n) is 17.9. The minimum atomic E-state index is -0.116. The minimum absolute atomic E-state index is 0.0360. The molecule has 1 amide bonds. The third-order valence-corrected chi connectivity index (χ3v) is 5.40. The number of nitrogens with zero attached hydrogens (tertiary/aromatic N) is 3. The molecule has 1 aromatic heterocycles. The van der Waals surface area contributed by atoms with Crippen molar-refractivity contribution < 1.29 is 4.79 Å². The molecule has 0 saturated carbocycles. The minimum Gasteiger partial charge on any atom is -0.332 e. The zero-order chi connectivity index (χ0) is 22.0. The van der Waals surface area contributed by atoms with E-state index in [2.05, 4.69) is 4.98 Å². The average Bonchev–Trinajstić information content (AvgIpc) is 2.78. The van der Waals surface area contributed by atoms with Crippen LogP contribution in [0.25, 0.3) is 16.6 Å². The summed E-state index contributed by atoms with van der Waals surface area (Å²) in [5.41, 5.74) is 2.94. The normalized spacial score (nSPS) is 11.1. The van der Waals surface area contributed by atoms with Gasteiger partial charge in [0, 0.05) is 18.2 Å². The van der Waals surface area contributed by atoms with Crippen LogP contribution in [-0.2, 0) is 6.54 Å². The summed E-state index contributed by atoms with van der Waals surface area (Å²) in [6, 6.07) is 24.5. The third kappa shape index (κ3) is 4.12. The lowest BCUT2D eigenvalue weighted by molar-refractivity contribution is 0.0690. The Kier molecular flexibility index (Phi) is 5.67. The van der Waals surface area contributed by atoms with Crippen molar-refractivity contribution in [3.63, 3.8) is 0 Å². The number of amides is 1. The molecule has 0 unspecified atom stereocenters. The van der Waals surface area contributed by atoms with Gasteiger partial charge in [-0.25, -0.2) is 4.98 Å². The summed E-state index contributed by atoms with van der Waals surface area (Å²) >= 11 is 0. The van der Waals surface area contributed by atoms with E-state index in [4.69, 9.17) is 0 Å². The van der Waals surface area contributed by atoms with Gasteiger partial charge in [0.25, 0.3) is 11.5 Å². The van der Waals surface area contributed by atoms with Gasteiger partial charge in [0.2, 0.25) is 0 Å². The Morgan fingerprint density at radius 1 is 0.935 bits per heavy atom. The molecule has 31 heavy (non-hydrogen) atoms. The van der Waals surface area contributed by atoms with Crippen LogP contribution in [0.5, 0.6) is 0 Å². The quantitative estimate of drug-likeness (QED) is 0.476. The second-order valence-corrected chi connectivity index (χ2v) is 7.88. The molecule has 4 rings (SSSR count). The Morgan fingerprint density at radius 2 is 1.58 bits per heavy atom. The number of aromatic nitrogens is 2. The summed E-state index contributed by atoms with van der Waals surface area (Å²) in [4.78, 5) is 32.6. The van der Waals surface area contributed by atoms with Crippen LogP contribution in [0.4, 0.5) is 0 Å². The van der Waals surface area contributed by atoms with Crippen molar-refractivity contribution in [1.82, 2.24) is 14.5 Å². The molecule has 0 atom stereocenters. The summed E-state index contributed by atoms with van der Waals surface area (Å²) in [5.74, 6) is 0.571. The molecular weight excluding hydrogens is 386 g/mol. The summed E-state index contributed by atoms with van der Waals surface area (Å²) < 4.78 is 1.58. The molecule has 4 aromatic rings. The molecule has 3 aromatic carbocycles. The SMILES string of the molecule is Cc1nc2ccccc2c(=O)n1-c1ccc(C(=O)N(Cc2ccccc2)C(C)C)cc1. The zero-order valence-corrected chi connectivity index (χ0v) is 17.9. The summed E-state index contributed by atoms with van der Waals surface area (Å²) in [5, 5.41) is 0.571. The van der Waals surface area contributed by atoms with Crippen LogP contribution in [0, 0.1) is 6.92 Å². The molecule has 0 fully saturated rings. The predicted octanol–water partition coefficient (Wildman–Crippen LogP) is 4.74. The number of fused-ring (bicyclic) bond motifs is 1. The molecule has 0 N–H and O–H groups in total. The van der Waals surface area contributed by atoms with Crippen LogP contribution in [0.3, 0.4) is 0 Å². The van der Waals surface area contributed by atoms with E-state index < -0.39 is 0 Å². The molecule has 156 valence electrons. The van der Waals surface area contributed by atoms with Crippen molar-refractivity contribution in [2.75, 3.05) is 0 Å². The second-order valence-electron chi connectivity index (χ2n) is 7.88. The lowest BCUT2D eigenvalue weighted by Crippen LogP contribution is -2.36. The average molecular weight is 412 g/mol. The van der Waals surface area contributed by atoms with Crippen LogP contribution in [0.2, 0.25) is 0 Å². The first-order chi connectivity index (χ1) is 15.0. The van der Waals surface area contributed by atoms with E-state index in [1.807, 2.05) is 74.2 Å². The van der Waals surface area contributed by atoms with Crippen molar-refractivity contribution in [1.29, 1.82) is 0 Å². The standard InChI is InChI=1S/C26H25N3O2/c1-18(2)28(17-20-9-5-4-6-10-20)25(30)21-13-15-22(16-14-21)29-19(3)27-24-12-8-7-11-23(24)26(29)31/h4-16,18H,17H2,1-3H3. The Hall–Kier alpha value is -3.73. The van der Waals surface area contributed by atoms with Gasteiger partial charge in [-0.05, 0) is 62.7 Å². The van der Waals surface area contributed by atoms with Gasteiger partial charge in [0.1, 0.15) is 5.82 Å². The van der Waals surface area contributed by atoms with E-state index in [-0.39, 0.29) is 17.5 Å². The van der Waals surface area contributed by atoms with E-state index in [1.54, 1.807) is 34.9 Å². The van der Waals surface area contributed by atoms with Gasteiger partial charge in [-0.3, -0.25) is 14.2 Å². The van der Waals surface area contributed by atoms with Crippen molar-refractivity contribution in [2.45, 2.75) is 33.4 Å². The molecule has 0 saturated heterocycles. The maximum atomic E-state index is 13.2. The molecule has 0 aliphatic rings. The van der Waals surface area contributed by atoms with E-state index in [1.165, 1.54) is 0 Å². The van der Waals surface area contributed by atoms with Gasteiger partial charge in [-0.15, -0.1) is 0 Å². The first-order valence-electron chi connectivity index (χ1n) is 10.4. The van der Waals surface area contributed by atoms with Crippen molar-refractivity contribution in [3.05, 3.63) is 106 Å². The Labute approximate surface area is 181 Å². The van der Waals surface area contributed by atoms with Gasteiger partial charge in [-0.2, -0.15) is 0 Å². The Bertz CT molecular complexity index is 1280. The highest BCUT2D eigenvalue weighted by Crippen LogP contribution is 2.17. The molecule has 5 heteroatoms. The number of aryl methyl sites for hydroxylation is 1. The van der Waals surface area contributed by atoms with Gasteiger partial charge in [0.15, 0.2) is 0 Å². The maximum Gasteiger partial charge on any atom is 0.265 e. The monoisotopic (exact) mass is 411 g/mol. The van der Waals surface area contributed by atoms with Crippen LogP contribution < -0.4 is 5.56 Å². The number of hydrogen-bond donors (Lipinski definition) is 0. The first kappa shape index (κ1) is 20.5. The van der Waals surface area contributed by atoms with Gasteiger partial charge in [-0.1, -0.05) is 42.5 Å². The van der Waals surface area contributed by atoms with Gasteiger partial charge < -0.3 is 4.90 Å². The first-order valence-corrected chi connectivity index (χ1v) is 10.4. The number of carbonyl (C=O) groups is 1. The van der Waals surface area contributed by atoms with E-state index in [0.29, 0.717) is 34.5 Å². The summed E-state index contributed by atoms with van der Waals surface area (Å²) in [6.07, 6.45) is 0. The Morgan fingerprint density at radius 3 is 2.26 bits per heavy atom. The highest BCUT2D eigenvalue weighted by Gasteiger charge is 2.19. The fourth-order valence-corrected chi connectivity index (χ4v) is 3.74. The molecular formula is C26H25N3O2. The van der Waals surface area contributed by atoms with Crippen molar-refractivity contribution in [2.24, 2.45) is 0 Å². The molecule has 5 nitrogen and oxygen atoms in total. The van der Waals surface area contributed by atoms with Gasteiger partial charge in [0.05, 0.1) is 16.6 Å². The molecule has 0 radical (unpaired) electrons. The third-order valence-electron chi connectivity index (χ3n) is 5.40. The predicted molar refractivity (Wildman–Crippen MR) is 124 cm³/mol. The fourth-order valence-electron chi connectivity index (χ4n) is 3.74. The number of hydrogen-bond acceptors (Lipinski definition) is 3. The maximum absolute atomic E-state index is 13.2. The summed E-state index contributed by atoms with van der Waals surface area (Å²) in [7, 11) is 0. The highest BCUT2D eigenvalue weighted by atomic mass is 16.2. The van der Waals surface area contributed by atoms with Crippen molar-refractivity contribution in [3.8, 4) is 5.69 Å². The fraction of sp³-hybridized carbons (Fsp3) is 0.192. The molecule has 0 bridgehead atoms. The van der Waals surface area contributed by atoms with Gasteiger partial charge >= 0.3 is 0 Å². The number of rotatable bonds is 5. The van der Waals surface area contributed by atoms with Crippen molar-refractivity contribution >= 4 is 16.8 Å². The highest BCUT2D eigenvalue weighted by molar-refractivity contribution is 5.94. The molecule has 0 spiro atoms.